The maximum Gasteiger partial charge on any atom is 0.143 e. The smallest absolute Gasteiger partial charge is 0.143 e. The summed E-state index contributed by atoms with van der Waals surface area (Å²) in [5.74, 6) is -0.215. The minimum Gasteiger partial charge on any atom is -0.455 e. The molecule has 0 bridgehead atoms. The van der Waals surface area contributed by atoms with E-state index in [0.29, 0.717) is 5.39 Å². The maximum atomic E-state index is 15.3. The van der Waals surface area contributed by atoms with Gasteiger partial charge in [-0.2, -0.15) is 0 Å². The average Bonchev–Trinajstić information content (AvgIpc) is 3.84. The molecule has 11 rings (SSSR count). The molecule has 4 heteroatoms. The molecule has 0 aliphatic rings. The Hall–Kier alpha value is -7.69. The summed E-state index contributed by atoms with van der Waals surface area (Å²) in [5.41, 5.74) is 14.3. The fraction of sp³-hybridized carbons (Fsp3) is 0. The Labute approximate surface area is 335 Å². The van der Waals surface area contributed by atoms with Crippen molar-refractivity contribution in [3.8, 4) is 39.1 Å². The van der Waals surface area contributed by atoms with E-state index in [0.717, 1.165) is 88.9 Å². The van der Waals surface area contributed by atoms with E-state index < -0.39 is 0 Å². The molecule has 3 nitrogen and oxygen atoms in total. The second-order valence-corrected chi connectivity index (χ2v) is 14.7. The minimum absolute atomic E-state index is 0.215. The first kappa shape index (κ1) is 33.6. The second kappa shape index (κ2) is 13.8. The van der Waals surface area contributed by atoms with Crippen LogP contribution in [0.25, 0.3) is 82.8 Å². The Morgan fingerprint density at radius 2 is 0.983 bits per heavy atom. The third-order valence-electron chi connectivity index (χ3n) is 11.3. The Bertz CT molecular complexity index is 3290. The van der Waals surface area contributed by atoms with Crippen LogP contribution in [0.15, 0.2) is 217 Å². The Morgan fingerprint density at radius 3 is 1.79 bits per heavy atom. The third-order valence-corrected chi connectivity index (χ3v) is 11.3. The molecule has 2 heterocycles. The highest BCUT2D eigenvalue weighted by molar-refractivity contribution is 6.10. The SMILES string of the molecule is Fc1cccc2c1c1ccccc1n2-c1cccc(-c2cccc(N(c3ccc(-c4ccccc4)cc3)c3ccc(-c4cccc5c4oc4ccccc45)cc3)c2)c1. The molecule has 274 valence electrons. The van der Waals surface area contributed by atoms with Crippen LogP contribution < -0.4 is 4.90 Å². The second-order valence-electron chi connectivity index (χ2n) is 14.7. The van der Waals surface area contributed by atoms with Crippen molar-refractivity contribution < 1.29 is 8.81 Å². The zero-order valence-corrected chi connectivity index (χ0v) is 31.4. The maximum absolute atomic E-state index is 15.3. The number of rotatable bonds is 7. The number of furan rings is 1. The van der Waals surface area contributed by atoms with Crippen molar-refractivity contribution in [3.05, 3.63) is 218 Å². The highest BCUT2D eigenvalue weighted by atomic mass is 19.1. The summed E-state index contributed by atoms with van der Waals surface area (Å²) in [6.07, 6.45) is 0. The Morgan fingerprint density at radius 1 is 0.397 bits per heavy atom. The van der Waals surface area contributed by atoms with E-state index in [1.807, 2.05) is 42.5 Å². The van der Waals surface area contributed by atoms with E-state index in [-0.39, 0.29) is 5.82 Å². The summed E-state index contributed by atoms with van der Waals surface area (Å²) in [4.78, 5) is 2.31. The van der Waals surface area contributed by atoms with Crippen LogP contribution in [-0.4, -0.2) is 4.57 Å². The van der Waals surface area contributed by atoms with Gasteiger partial charge in [0.25, 0.3) is 0 Å². The zero-order chi connectivity index (χ0) is 38.6. The lowest BCUT2D eigenvalue weighted by atomic mass is 10.0. The molecule has 0 saturated carbocycles. The molecular weight excluding hydrogens is 712 g/mol. The molecule has 2 aromatic heterocycles. The molecule has 0 N–H and O–H groups in total. The number of para-hydroxylation sites is 3. The normalized spacial score (nSPS) is 11.5. The third kappa shape index (κ3) is 5.65. The van der Waals surface area contributed by atoms with Crippen molar-refractivity contribution in [3.63, 3.8) is 0 Å². The van der Waals surface area contributed by atoms with E-state index in [9.17, 15) is 0 Å². The molecule has 0 spiro atoms. The lowest BCUT2D eigenvalue weighted by Crippen LogP contribution is -2.10. The number of benzene rings is 9. The zero-order valence-electron chi connectivity index (χ0n) is 31.4. The number of nitrogens with zero attached hydrogens (tertiary/aromatic N) is 2. The molecule has 0 fully saturated rings. The van der Waals surface area contributed by atoms with Crippen molar-refractivity contribution >= 4 is 60.8 Å². The van der Waals surface area contributed by atoms with Gasteiger partial charge < -0.3 is 13.9 Å². The van der Waals surface area contributed by atoms with E-state index in [4.69, 9.17) is 4.42 Å². The van der Waals surface area contributed by atoms with Gasteiger partial charge in [0.15, 0.2) is 0 Å². The van der Waals surface area contributed by atoms with Gasteiger partial charge in [-0.3, -0.25) is 0 Å². The largest absolute Gasteiger partial charge is 0.455 e. The fourth-order valence-corrected chi connectivity index (χ4v) is 8.55. The predicted molar refractivity (Wildman–Crippen MR) is 239 cm³/mol. The predicted octanol–water partition coefficient (Wildman–Crippen LogP) is 15.3. The monoisotopic (exact) mass is 746 g/mol. The quantitative estimate of drug-likeness (QED) is 0.162. The van der Waals surface area contributed by atoms with Gasteiger partial charge in [-0.05, 0) is 101 Å². The van der Waals surface area contributed by atoms with E-state index in [1.165, 1.54) is 11.6 Å². The van der Waals surface area contributed by atoms with Gasteiger partial charge in [0.05, 0.1) is 11.0 Å². The van der Waals surface area contributed by atoms with Crippen LogP contribution in [-0.2, 0) is 0 Å². The molecular formula is C54H35FN2O. The highest BCUT2D eigenvalue weighted by Gasteiger charge is 2.18. The summed E-state index contributed by atoms with van der Waals surface area (Å²) in [6, 6.07) is 73.1. The van der Waals surface area contributed by atoms with E-state index >= 15 is 4.39 Å². The van der Waals surface area contributed by atoms with Crippen molar-refractivity contribution in [2.24, 2.45) is 0 Å². The van der Waals surface area contributed by atoms with Gasteiger partial charge in [0.2, 0.25) is 0 Å². The van der Waals surface area contributed by atoms with Gasteiger partial charge in [0.1, 0.15) is 17.0 Å². The van der Waals surface area contributed by atoms with Crippen LogP contribution in [0.3, 0.4) is 0 Å². The lowest BCUT2D eigenvalue weighted by Gasteiger charge is -2.26. The minimum atomic E-state index is -0.215. The van der Waals surface area contributed by atoms with E-state index in [1.54, 1.807) is 6.07 Å². The van der Waals surface area contributed by atoms with Crippen LogP contribution in [0.4, 0.5) is 21.5 Å². The fourth-order valence-electron chi connectivity index (χ4n) is 8.55. The Balaban J connectivity index is 1.01. The van der Waals surface area contributed by atoms with Crippen LogP contribution in [0.1, 0.15) is 0 Å². The number of halogens is 1. The van der Waals surface area contributed by atoms with Crippen molar-refractivity contribution in [1.29, 1.82) is 0 Å². The highest BCUT2D eigenvalue weighted by Crippen LogP contribution is 2.41. The first-order valence-electron chi connectivity index (χ1n) is 19.5. The molecule has 0 unspecified atom stereocenters. The van der Waals surface area contributed by atoms with Crippen LogP contribution in [0, 0.1) is 5.82 Å². The number of hydrogen-bond donors (Lipinski definition) is 0. The molecule has 0 aliphatic carbocycles. The summed E-state index contributed by atoms with van der Waals surface area (Å²) >= 11 is 0. The van der Waals surface area contributed by atoms with Gasteiger partial charge in [-0.25, -0.2) is 4.39 Å². The standard InChI is InChI=1S/C54H35FN2O/c55-49-22-11-24-51-53(49)48-19-4-6-23-50(48)57(51)44-17-9-15-40(35-44)39-14-8-16-43(34-39)56(41-30-26-37(27-31-41)36-12-2-1-3-13-36)42-32-28-38(29-33-42)45-20-10-21-47-46-18-5-7-25-52(46)58-54(45)47/h1-35H. The number of anilines is 3. The molecule has 9 aromatic carbocycles. The van der Waals surface area contributed by atoms with Crippen LogP contribution >= 0.6 is 0 Å². The molecule has 0 amide bonds. The Kier molecular flexibility index (Phi) is 8.00. The van der Waals surface area contributed by atoms with E-state index in [2.05, 4.69) is 167 Å². The topological polar surface area (TPSA) is 21.3 Å². The van der Waals surface area contributed by atoms with Crippen molar-refractivity contribution in [2.75, 3.05) is 4.90 Å². The summed E-state index contributed by atoms with van der Waals surface area (Å²) in [5, 5.41) is 3.77. The first-order valence-corrected chi connectivity index (χ1v) is 19.5. The summed E-state index contributed by atoms with van der Waals surface area (Å²) < 4.78 is 23.9. The first-order chi connectivity index (χ1) is 28.7. The van der Waals surface area contributed by atoms with Gasteiger partial charge in [-0.15, -0.1) is 0 Å². The van der Waals surface area contributed by atoms with Crippen LogP contribution in [0.2, 0.25) is 0 Å². The molecule has 11 aromatic rings. The van der Waals surface area contributed by atoms with Crippen molar-refractivity contribution in [2.45, 2.75) is 0 Å². The van der Waals surface area contributed by atoms with Crippen molar-refractivity contribution in [1.82, 2.24) is 4.57 Å². The summed E-state index contributed by atoms with van der Waals surface area (Å²) in [7, 11) is 0. The molecule has 0 aliphatic heterocycles. The lowest BCUT2D eigenvalue weighted by molar-refractivity contribution is 0.640. The molecule has 0 radical (unpaired) electrons. The molecule has 0 saturated heterocycles. The van der Waals surface area contributed by atoms with Gasteiger partial charge in [-0.1, -0.05) is 140 Å². The molecule has 58 heavy (non-hydrogen) atoms. The number of aromatic nitrogens is 1. The average molecular weight is 747 g/mol. The van der Waals surface area contributed by atoms with Crippen LogP contribution in [0.5, 0.6) is 0 Å². The number of fused-ring (bicyclic) bond motifs is 6. The summed E-state index contributed by atoms with van der Waals surface area (Å²) in [6.45, 7) is 0. The van der Waals surface area contributed by atoms with Gasteiger partial charge >= 0.3 is 0 Å². The molecule has 0 atom stereocenters. The number of hydrogen-bond acceptors (Lipinski definition) is 2. The van der Waals surface area contributed by atoms with Gasteiger partial charge in [0, 0.05) is 49.9 Å².